The zero-order chi connectivity index (χ0) is 15.4. The molecule has 0 amide bonds. The third kappa shape index (κ3) is 7.51. The maximum atomic E-state index is 11.1. The van der Waals surface area contributed by atoms with Crippen molar-refractivity contribution in [3.63, 3.8) is 0 Å². The number of allylic oxidation sites excluding steroid dienone is 2. The van der Waals surface area contributed by atoms with Crippen LogP contribution in [0.5, 0.6) is 0 Å². The van der Waals surface area contributed by atoms with Crippen LogP contribution in [0.4, 0.5) is 0 Å². The summed E-state index contributed by atoms with van der Waals surface area (Å²) in [5.74, 6) is 0.117. The van der Waals surface area contributed by atoms with Crippen molar-refractivity contribution in [2.24, 2.45) is 10.6 Å². The summed E-state index contributed by atoms with van der Waals surface area (Å²) in [6.07, 6.45) is 6.50. The minimum atomic E-state index is -0.672. The first-order chi connectivity index (χ1) is 9.51. The zero-order valence-corrected chi connectivity index (χ0v) is 12.3. The highest BCUT2D eigenvalue weighted by atomic mass is 16.5. The van der Waals surface area contributed by atoms with E-state index in [0.717, 1.165) is 18.9 Å². The third-order valence-electron chi connectivity index (χ3n) is 2.60. The van der Waals surface area contributed by atoms with Crippen LogP contribution in [0.15, 0.2) is 42.3 Å². The lowest BCUT2D eigenvalue weighted by Gasteiger charge is -2.26. The Morgan fingerprint density at radius 3 is 2.40 bits per heavy atom. The highest BCUT2D eigenvalue weighted by Gasteiger charge is 2.28. The van der Waals surface area contributed by atoms with Crippen molar-refractivity contribution in [1.29, 1.82) is 0 Å². The molecule has 5 nitrogen and oxygen atoms in total. The first-order valence-electron chi connectivity index (χ1n) is 6.55. The quantitative estimate of drug-likeness (QED) is 0.191. The monoisotopic (exact) mass is 281 g/mol. The van der Waals surface area contributed by atoms with Crippen molar-refractivity contribution in [1.82, 2.24) is 0 Å². The number of nitroso groups, excluding NO2 is 1. The Morgan fingerprint density at radius 1 is 1.25 bits per heavy atom. The van der Waals surface area contributed by atoms with Crippen LogP contribution in [0, 0.1) is 10.3 Å². The molecule has 0 bridgehead atoms. The Labute approximate surface area is 120 Å². The standard InChI is InChI=1S/C15H23NO4/c1-5-8-9-13(6-2)19-11-15(4,10-16-18)12-20-14(17)7-3/h6-7,9H,2-3,5,8,10-12H2,1,4H3/b13-9+. The van der Waals surface area contributed by atoms with Crippen molar-refractivity contribution in [2.45, 2.75) is 26.7 Å². The summed E-state index contributed by atoms with van der Waals surface area (Å²) in [4.78, 5) is 21.6. The van der Waals surface area contributed by atoms with Gasteiger partial charge in [0.15, 0.2) is 0 Å². The summed E-state index contributed by atoms with van der Waals surface area (Å²) in [5, 5.41) is 2.89. The van der Waals surface area contributed by atoms with E-state index in [0.29, 0.717) is 5.76 Å². The lowest BCUT2D eigenvalue weighted by Crippen LogP contribution is -2.33. The summed E-state index contributed by atoms with van der Waals surface area (Å²) < 4.78 is 10.6. The van der Waals surface area contributed by atoms with E-state index in [2.05, 4.69) is 25.3 Å². The minimum Gasteiger partial charge on any atom is -0.493 e. The Kier molecular flexibility index (Phi) is 9.00. The fourth-order valence-corrected chi connectivity index (χ4v) is 1.34. The van der Waals surface area contributed by atoms with Gasteiger partial charge in [-0.25, -0.2) is 4.79 Å². The number of rotatable bonds is 11. The number of carbonyl (C=O) groups excluding carboxylic acids is 1. The van der Waals surface area contributed by atoms with Gasteiger partial charge in [0.2, 0.25) is 0 Å². The van der Waals surface area contributed by atoms with Gasteiger partial charge >= 0.3 is 5.97 Å². The maximum Gasteiger partial charge on any atom is 0.330 e. The molecule has 20 heavy (non-hydrogen) atoms. The molecule has 0 aliphatic carbocycles. The smallest absolute Gasteiger partial charge is 0.330 e. The van der Waals surface area contributed by atoms with E-state index >= 15 is 0 Å². The number of hydrogen-bond acceptors (Lipinski definition) is 5. The fourth-order valence-electron chi connectivity index (χ4n) is 1.34. The van der Waals surface area contributed by atoms with E-state index in [9.17, 15) is 9.70 Å². The molecule has 5 heteroatoms. The first kappa shape index (κ1) is 18.1. The van der Waals surface area contributed by atoms with Gasteiger partial charge < -0.3 is 9.47 Å². The van der Waals surface area contributed by atoms with Gasteiger partial charge in [0.05, 0.1) is 18.6 Å². The summed E-state index contributed by atoms with van der Waals surface area (Å²) in [6.45, 7) is 11.1. The van der Waals surface area contributed by atoms with Gasteiger partial charge in [0, 0.05) is 6.08 Å². The lowest BCUT2D eigenvalue weighted by molar-refractivity contribution is -0.141. The van der Waals surface area contributed by atoms with E-state index in [4.69, 9.17) is 9.47 Å². The molecule has 0 fully saturated rings. The normalized spacial score (nSPS) is 14.0. The number of ether oxygens (including phenoxy) is 2. The second-order valence-electron chi connectivity index (χ2n) is 4.80. The van der Waals surface area contributed by atoms with E-state index in [1.54, 1.807) is 13.0 Å². The third-order valence-corrected chi connectivity index (χ3v) is 2.60. The number of esters is 1. The molecule has 1 atom stereocenters. The van der Waals surface area contributed by atoms with Crippen LogP contribution < -0.4 is 0 Å². The van der Waals surface area contributed by atoms with Gasteiger partial charge in [0.1, 0.15) is 12.4 Å². The molecule has 0 N–H and O–H groups in total. The molecule has 112 valence electrons. The number of nitrogens with zero attached hydrogens (tertiary/aromatic N) is 1. The number of unbranched alkanes of at least 4 members (excludes halogenated alkanes) is 1. The highest BCUT2D eigenvalue weighted by molar-refractivity contribution is 5.81. The highest BCUT2D eigenvalue weighted by Crippen LogP contribution is 2.20. The second-order valence-corrected chi connectivity index (χ2v) is 4.80. The van der Waals surface area contributed by atoms with Gasteiger partial charge in [-0.3, -0.25) is 0 Å². The van der Waals surface area contributed by atoms with Gasteiger partial charge in [-0.2, -0.15) is 4.91 Å². The first-order valence-corrected chi connectivity index (χ1v) is 6.55. The van der Waals surface area contributed by atoms with E-state index < -0.39 is 11.4 Å². The molecule has 0 radical (unpaired) electrons. The summed E-state index contributed by atoms with van der Waals surface area (Å²) in [6, 6.07) is 0. The van der Waals surface area contributed by atoms with Crippen molar-refractivity contribution in [3.8, 4) is 0 Å². The number of carbonyl (C=O) groups is 1. The Balaban J connectivity index is 4.57. The van der Waals surface area contributed by atoms with Crippen molar-refractivity contribution in [2.75, 3.05) is 19.8 Å². The van der Waals surface area contributed by atoms with Crippen LogP contribution >= 0.6 is 0 Å². The molecule has 0 aromatic heterocycles. The fraction of sp³-hybridized carbons (Fsp3) is 0.533. The molecule has 0 rings (SSSR count). The molecule has 0 aliphatic heterocycles. The second kappa shape index (κ2) is 9.95. The molecule has 0 saturated heterocycles. The van der Waals surface area contributed by atoms with Crippen LogP contribution in [0.25, 0.3) is 0 Å². The topological polar surface area (TPSA) is 65.0 Å². The van der Waals surface area contributed by atoms with Gasteiger partial charge in [-0.1, -0.05) is 38.6 Å². The van der Waals surface area contributed by atoms with E-state index in [-0.39, 0.29) is 19.8 Å². The maximum absolute atomic E-state index is 11.1. The van der Waals surface area contributed by atoms with Crippen LogP contribution in [-0.2, 0) is 14.3 Å². The summed E-state index contributed by atoms with van der Waals surface area (Å²) in [5.41, 5.74) is -0.672. The van der Waals surface area contributed by atoms with Crippen LogP contribution in [-0.4, -0.2) is 25.7 Å². The molecule has 0 heterocycles. The summed E-state index contributed by atoms with van der Waals surface area (Å²) in [7, 11) is 0. The molecule has 1 unspecified atom stereocenters. The van der Waals surface area contributed by atoms with E-state index in [1.165, 1.54) is 0 Å². The molecule has 0 aromatic rings. The largest absolute Gasteiger partial charge is 0.493 e. The summed E-state index contributed by atoms with van der Waals surface area (Å²) >= 11 is 0. The van der Waals surface area contributed by atoms with Crippen molar-refractivity contribution >= 4 is 5.97 Å². The molecule has 0 saturated carbocycles. The van der Waals surface area contributed by atoms with Gasteiger partial charge in [-0.05, 0) is 18.6 Å². The Hall–Kier alpha value is -1.91. The van der Waals surface area contributed by atoms with Crippen LogP contribution in [0.1, 0.15) is 26.7 Å². The average molecular weight is 281 g/mol. The van der Waals surface area contributed by atoms with Crippen molar-refractivity contribution in [3.05, 3.63) is 42.1 Å². The predicted molar refractivity (Wildman–Crippen MR) is 79.1 cm³/mol. The van der Waals surface area contributed by atoms with Gasteiger partial charge in [0.25, 0.3) is 0 Å². The molecule has 0 spiro atoms. The Morgan fingerprint density at radius 2 is 1.90 bits per heavy atom. The minimum absolute atomic E-state index is 0.00434. The van der Waals surface area contributed by atoms with Crippen molar-refractivity contribution < 1.29 is 14.3 Å². The van der Waals surface area contributed by atoms with E-state index in [1.807, 2.05) is 6.08 Å². The lowest BCUT2D eigenvalue weighted by atomic mass is 9.93. The molecule has 0 aliphatic rings. The van der Waals surface area contributed by atoms with Gasteiger partial charge in [-0.15, -0.1) is 0 Å². The molecular weight excluding hydrogens is 258 g/mol. The van der Waals surface area contributed by atoms with Crippen LogP contribution in [0.2, 0.25) is 0 Å². The number of hydrogen-bond donors (Lipinski definition) is 0. The molecule has 0 aromatic carbocycles. The SMILES string of the molecule is C=CC(=O)OCC(C)(CN=O)CO/C(C=C)=C/CCC. The predicted octanol–water partition coefficient (Wildman–Crippen LogP) is 3.37. The van der Waals surface area contributed by atoms with Crippen LogP contribution in [0.3, 0.4) is 0 Å². The zero-order valence-electron chi connectivity index (χ0n) is 12.3. The Bertz CT molecular complexity index is 376. The average Bonchev–Trinajstić information content (AvgIpc) is 2.45. The molecular formula is C15H23NO4.